The largest absolute Gasteiger partial charge is 0.463 e. The van der Waals surface area contributed by atoms with Crippen molar-refractivity contribution >= 4 is 5.97 Å². The van der Waals surface area contributed by atoms with Gasteiger partial charge in [-0.25, -0.2) is 0 Å². The van der Waals surface area contributed by atoms with Gasteiger partial charge in [-0.05, 0) is 12.8 Å². The van der Waals surface area contributed by atoms with Crippen LogP contribution in [0.5, 0.6) is 0 Å². The fourth-order valence-corrected chi connectivity index (χ4v) is 0.671. The molecule has 0 rings (SSSR count). The maximum atomic E-state index is 11.0. The molecular weight excluding hydrogens is 156 g/mol. The van der Waals surface area contributed by atoms with Crippen LogP contribution in [0.4, 0.5) is 0 Å². The highest BCUT2D eigenvalue weighted by Crippen LogP contribution is 2.01. The first-order chi connectivity index (χ1) is 5.56. The van der Waals surface area contributed by atoms with Crippen molar-refractivity contribution in [2.75, 3.05) is 13.7 Å². The van der Waals surface area contributed by atoms with Crippen LogP contribution in [0.3, 0.4) is 0 Å². The Morgan fingerprint density at radius 1 is 1.33 bits per heavy atom. The molecule has 0 aliphatic rings. The highest BCUT2D eigenvalue weighted by Gasteiger charge is 2.07. The summed E-state index contributed by atoms with van der Waals surface area (Å²) >= 11 is 0. The van der Waals surface area contributed by atoms with Crippen LogP contribution in [0.25, 0.3) is 0 Å². The van der Waals surface area contributed by atoms with Gasteiger partial charge in [0.15, 0.2) is 0 Å². The fourth-order valence-electron chi connectivity index (χ4n) is 0.671. The number of esters is 1. The molecule has 1 unspecified atom stereocenters. The van der Waals surface area contributed by atoms with Crippen molar-refractivity contribution in [3.05, 3.63) is 0 Å². The van der Waals surface area contributed by atoms with E-state index in [4.69, 9.17) is 9.47 Å². The molecule has 0 aromatic heterocycles. The topological polar surface area (TPSA) is 35.5 Å². The van der Waals surface area contributed by atoms with Gasteiger partial charge in [-0.2, -0.15) is 0 Å². The second kappa shape index (κ2) is 6.00. The molecule has 12 heavy (non-hydrogen) atoms. The third-order valence-corrected chi connectivity index (χ3v) is 1.46. The van der Waals surface area contributed by atoms with Gasteiger partial charge in [0, 0.05) is 13.5 Å². The Bertz CT molecular complexity index is 132. The standard InChI is InChI=1S/C9H18O3/c1-7(2)5-9(10)12-6-8(3)11-4/h7-8H,5-6H2,1-4H3. The molecule has 0 spiro atoms. The van der Waals surface area contributed by atoms with E-state index in [1.165, 1.54) is 0 Å². The van der Waals surface area contributed by atoms with E-state index in [1.807, 2.05) is 20.8 Å². The summed E-state index contributed by atoms with van der Waals surface area (Å²) in [4.78, 5) is 11.0. The van der Waals surface area contributed by atoms with Gasteiger partial charge in [0.25, 0.3) is 0 Å². The minimum absolute atomic E-state index is 0.0129. The minimum atomic E-state index is -0.145. The van der Waals surface area contributed by atoms with E-state index in [0.29, 0.717) is 18.9 Å². The zero-order valence-electron chi connectivity index (χ0n) is 8.29. The third kappa shape index (κ3) is 6.16. The van der Waals surface area contributed by atoms with Crippen molar-refractivity contribution in [1.82, 2.24) is 0 Å². The third-order valence-electron chi connectivity index (χ3n) is 1.46. The quantitative estimate of drug-likeness (QED) is 0.594. The summed E-state index contributed by atoms with van der Waals surface area (Å²) in [5, 5.41) is 0. The van der Waals surface area contributed by atoms with Crippen molar-refractivity contribution in [2.24, 2.45) is 5.92 Å². The molecule has 0 aliphatic heterocycles. The molecule has 0 N–H and O–H groups in total. The molecule has 0 heterocycles. The monoisotopic (exact) mass is 174 g/mol. The summed E-state index contributed by atoms with van der Waals surface area (Å²) in [6.07, 6.45) is 0.470. The summed E-state index contributed by atoms with van der Waals surface area (Å²) < 4.78 is 9.87. The molecule has 3 heteroatoms. The molecule has 0 saturated carbocycles. The van der Waals surface area contributed by atoms with Crippen LogP contribution in [-0.4, -0.2) is 25.8 Å². The molecule has 72 valence electrons. The maximum Gasteiger partial charge on any atom is 0.306 e. The van der Waals surface area contributed by atoms with Crippen LogP contribution >= 0.6 is 0 Å². The number of carbonyl (C=O) groups excluding carboxylic acids is 1. The summed E-state index contributed by atoms with van der Waals surface area (Å²) in [6, 6.07) is 0. The zero-order chi connectivity index (χ0) is 9.56. The Morgan fingerprint density at radius 3 is 2.33 bits per heavy atom. The number of hydrogen-bond donors (Lipinski definition) is 0. The summed E-state index contributed by atoms with van der Waals surface area (Å²) in [5.74, 6) is 0.212. The number of hydrogen-bond acceptors (Lipinski definition) is 3. The van der Waals surface area contributed by atoms with Crippen LogP contribution < -0.4 is 0 Å². The predicted octanol–water partition coefficient (Wildman–Crippen LogP) is 1.61. The van der Waals surface area contributed by atoms with Gasteiger partial charge in [0.2, 0.25) is 0 Å². The Labute approximate surface area is 74.0 Å². The Balaban J connectivity index is 3.44. The van der Waals surface area contributed by atoms with E-state index < -0.39 is 0 Å². The van der Waals surface area contributed by atoms with Gasteiger partial charge in [-0.3, -0.25) is 4.79 Å². The lowest BCUT2D eigenvalue weighted by Gasteiger charge is -2.10. The lowest BCUT2D eigenvalue weighted by atomic mass is 10.1. The zero-order valence-corrected chi connectivity index (χ0v) is 8.29. The Kier molecular flexibility index (Phi) is 5.72. The van der Waals surface area contributed by atoms with Crippen LogP contribution in [0.2, 0.25) is 0 Å². The van der Waals surface area contributed by atoms with Crippen molar-refractivity contribution in [2.45, 2.75) is 33.3 Å². The van der Waals surface area contributed by atoms with Crippen LogP contribution in [0.1, 0.15) is 27.2 Å². The first-order valence-corrected chi connectivity index (χ1v) is 4.24. The van der Waals surface area contributed by atoms with Gasteiger partial charge < -0.3 is 9.47 Å². The van der Waals surface area contributed by atoms with Crippen LogP contribution in [0.15, 0.2) is 0 Å². The smallest absolute Gasteiger partial charge is 0.306 e. The highest BCUT2D eigenvalue weighted by molar-refractivity contribution is 5.69. The second-order valence-electron chi connectivity index (χ2n) is 3.33. The van der Waals surface area contributed by atoms with E-state index in [9.17, 15) is 4.79 Å². The van der Waals surface area contributed by atoms with Crippen LogP contribution in [0, 0.1) is 5.92 Å². The van der Waals surface area contributed by atoms with Gasteiger partial charge in [-0.1, -0.05) is 13.8 Å². The molecule has 0 aromatic rings. The molecule has 1 atom stereocenters. The average molecular weight is 174 g/mol. The lowest BCUT2D eigenvalue weighted by molar-refractivity contribution is -0.147. The van der Waals surface area contributed by atoms with Crippen LogP contribution in [-0.2, 0) is 14.3 Å². The van der Waals surface area contributed by atoms with E-state index in [0.717, 1.165) is 0 Å². The number of rotatable bonds is 5. The summed E-state index contributed by atoms with van der Waals surface area (Å²) in [5.41, 5.74) is 0. The van der Waals surface area contributed by atoms with Gasteiger partial charge in [-0.15, -0.1) is 0 Å². The molecular formula is C9H18O3. The highest BCUT2D eigenvalue weighted by atomic mass is 16.6. The molecule has 3 nitrogen and oxygen atoms in total. The Hall–Kier alpha value is -0.570. The van der Waals surface area contributed by atoms with Crippen molar-refractivity contribution in [1.29, 1.82) is 0 Å². The number of carbonyl (C=O) groups is 1. The van der Waals surface area contributed by atoms with E-state index in [-0.39, 0.29) is 12.1 Å². The SMILES string of the molecule is COC(C)COC(=O)CC(C)C. The van der Waals surface area contributed by atoms with Crippen molar-refractivity contribution in [3.8, 4) is 0 Å². The molecule has 0 radical (unpaired) electrons. The summed E-state index contributed by atoms with van der Waals surface area (Å²) in [7, 11) is 1.60. The van der Waals surface area contributed by atoms with Crippen molar-refractivity contribution in [3.63, 3.8) is 0 Å². The first kappa shape index (κ1) is 11.4. The van der Waals surface area contributed by atoms with Gasteiger partial charge >= 0.3 is 5.97 Å². The molecule has 0 saturated heterocycles. The maximum absolute atomic E-state index is 11.0. The number of methoxy groups -OCH3 is 1. The Morgan fingerprint density at radius 2 is 1.92 bits per heavy atom. The van der Waals surface area contributed by atoms with E-state index >= 15 is 0 Å². The number of ether oxygens (including phenoxy) is 2. The molecule has 0 amide bonds. The molecule has 0 bridgehead atoms. The average Bonchev–Trinajstić information content (AvgIpc) is 1.99. The predicted molar refractivity (Wildman–Crippen MR) is 46.9 cm³/mol. The fraction of sp³-hybridized carbons (Fsp3) is 0.889. The minimum Gasteiger partial charge on any atom is -0.463 e. The van der Waals surface area contributed by atoms with E-state index in [2.05, 4.69) is 0 Å². The normalized spacial score (nSPS) is 13.1. The summed E-state index contributed by atoms with van der Waals surface area (Å²) in [6.45, 7) is 6.19. The van der Waals surface area contributed by atoms with Gasteiger partial charge in [0.05, 0.1) is 6.10 Å². The molecule has 0 fully saturated rings. The molecule has 0 aliphatic carbocycles. The van der Waals surface area contributed by atoms with Crippen molar-refractivity contribution < 1.29 is 14.3 Å². The van der Waals surface area contributed by atoms with E-state index in [1.54, 1.807) is 7.11 Å². The molecule has 0 aromatic carbocycles. The van der Waals surface area contributed by atoms with Gasteiger partial charge in [0.1, 0.15) is 6.61 Å². The lowest BCUT2D eigenvalue weighted by Crippen LogP contribution is -2.18. The first-order valence-electron chi connectivity index (χ1n) is 4.24. The second-order valence-corrected chi connectivity index (χ2v) is 3.33.